The van der Waals surface area contributed by atoms with Crippen LogP contribution in [0.4, 0.5) is 0 Å². The highest BCUT2D eigenvalue weighted by atomic mass is 16.4. The fourth-order valence-electron chi connectivity index (χ4n) is 2.26. The fourth-order valence-corrected chi connectivity index (χ4v) is 2.26. The van der Waals surface area contributed by atoms with Crippen LogP contribution in [0.5, 0.6) is 0 Å². The molecular weight excluding hydrogens is 248 g/mol. The SMILES string of the molecule is C=CCCC(C(=O)O)c1ccc(-c2ccccc2)cc1. The normalized spacial score (nSPS) is 11.8. The van der Waals surface area contributed by atoms with E-state index in [1.54, 1.807) is 6.08 Å². The first kappa shape index (κ1) is 14.1. The first-order chi connectivity index (χ1) is 9.72. The van der Waals surface area contributed by atoms with Crippen LogP contribution in [0.2, 0.25) is 0 Å². The number of carboxylic acids is 1. The fraction of sp³-hybridized carbons (Fsp3) is 0.167. The highest BCUT2D eigenvalue weighted by Crippen LogP contribution is 2.25. The highest BCUT2D eigenvalue weighted by molar-refractivity contribution is 5.76. The van der Waals surface area contributed by atoms with E-state index in [0.717, 1.165) is 16.7 Å². The van der Waals surface area contributed by atoms with Gasteiger partial charge in [-0.2, -0.15) is 0 Å². The van der Waals surface area contributed by atoms with E-state index in [2.05, 4.69) is 6.58 Å². The van der Waals surface area contributed by atoms with Crippen LogP contribution >= 0.6 is 0 Å². The summed E-state index contributed by atoms with van der Waals surface area (Å²) in [7, 11) is 0. The minimum atomic E-state index is -0.778. The van der Waals surface area contributed by atoms with Crippen LogP contribution in [0.3, 0.4) is 0 Å². The van der Waals surface area contributed by atoms with E-state index in [1.807, 2.05) is 54.6 Å². The van der Waals surface area contributed by atoms with E-state index in [1.165, 1.54) is 0 Å². The van der Waals surface area contributed by atoms with E-state index in [-0.39, 0.29) is 0 Å². The van der Waals surface area contributed by atoms with E-state index in [9.17, 15) is 9.90 Å². The van der Waals surface area contributed by atoms with Crippen molar-refractivity contribution in [2.24, 2.45) is 0 Å². The Balaban J connectivity index is 2.22. The minimum absolute atomic E-state index is 0.460. The lowest BCUT2D eigenvalue weighted by molar-refractivity contribution is -0.138. The Labute approximate surface area is 119 Å². The van der Waals surface area contributed by atoms with Gasteiger partial charge in [0.1, 0.15) is 0 Å². The summed E-state index contributed by atoms with van der Waals surface area (Å²) in [5.74, 6) is -1.24. The average Bonchev–Trinajstić information content (AvgIpc) is 2.49. The van der Waals surface area contributed by atoms with Crippen molar-refractivity contribution in [3.8, 4) is 11.1 Å². The Hall–Kier alpha value is -2.35. The summed E-state index contributed by atoms with van der Waals surface area (Å²) in [6, 6.07) is 17.8. The molecule has 0 aliphatic heterocycles. The van der Waals surface area contributed by atoms with E-state index in [0.29, 0.717) is 12.8 Å². The molecule has 0 bridgehead atoms. The predicted octanol–water partition coefficient (Wildman–Crippen LogP) is 4.49. The zero-order chi connectivity index (χ0) is 14.4. The monoisotopic (exact) mass is 266 g/mol. The van der Waals surface area contributed by atoms with Crippen molar-refractivity contribution in [1.29, 1.82) is 0 Å². The van der Waals surface area contributed by atoms with Gasteiger partial charge in [-0.15, -0.1) is 6.58 Å². The zero-order valence-corrected chi connectivity index (χ0v) is 11.3. The summed E-state index contributed by atoms with van der Waals surface area (Å²) in [4.78, 5) is 11.3. The summed E-state index contributed by atoms with van der Waals surface area (Å²) in [6.45, 7) is 3.65. The number of hydrogen-bond donors (Lipinski definition) is 1. The van der Waals surface area contributed by atoms with Gasteiger partial charge in [0, 0.05) is 0 Å². The molecule has 0 spiro atoms. The molecule has 1 unspecified atom stereocenters. The van der Waals surface area contributed by atoms with Crippen LogP contribution in [0.25, 0.3) is 11.1 Å². The van der Waals surface area contributed by atoms with Gasteiger partial charge in [-0.05, 0) is 29.5 Å². The van der Waals surface area contributed by atoms with Crippen LogP contribution in [-0.4, -0.2) is 11.1 Å². The molecule has 0 amide bonds. The van der Waals surface area contributed by atoms with Crippen LogP contribution in [0.1, 0.15) is 24.3 Å². The topological polar surface area (TPSA) is 37.3 Å². The molecule has 0 aromatic heterocycles. The lowest BCUT2D eigenvalue weighted by Gasteiger charge is -2.12. The molecule has 0 aliphatic rings. The summed E-state index contributed by atoms with van der Waals surface area (Å²) in [5.41, 5.74) is 3.08. The van der Waals surface area contributed by atoms with E-state index in [4.69, 9.17) is 0 Å². The van der Waals surface area contributed by atoms with Crippen LogP contribution in [-0.2, 0) is 4.79 Å². The maximum atomic E-state index is 11.3. The second kappa shape index (κ2) is 6.71. The lowest BCUT2D eigenvalue weighted by Crippen LogP contribution is -2.11. The van der Waals surface area contributed by atoms with Gasteiger partial charge in [0.15, 0.2) is 0 Å². The van der Waals surface area contributed by atoms with Crippen molar-refractivity contribution in [1.82, 2.24) is 0 Å². The van der Waals surface area contributed by atoms with Gasteiger partial charge >= 0.3 is 5.97 Å². The first-order valence-electron chi connectivity index (χ1n) is 6.71. The van der Waals surface area contributed by atoms with Crippen molar-refractivity contribution in [2.45, 2.75) is 18.8 Å². The van der Waals surface area contributed by atoms with Crippen LogP contribution in [0.15, 0.2) is 67.3 Å². The molecule has 1 N–H and O–H groups in total. The molecular formula is C18H18O2. The largest absolute Gasteiger partial charge is 0.481 e. The third-order valence-corrected chi connectivity index (χ3v) is 3.38. The van der Waals surface area contributed by atoms with Gasteiger partial charge in [0.2, 0.25) is 0 Å². The number of aliphatic carboxylic acids is 1. The second-order valence-corrected chi connectivity index (χ2v) is 4.74. The third-order valence-electron chi connectivity index (χ3n) is 3.38. The Bertz CT molecular complexity index is 570. The number of carboxylic acid groups (broad SMARTS) is 1. The number of rotatable bonds is 6. The summed E-state index contributed by atoms with van der Waals surface area (Å²) in [5, 5.41) is 9.31. The molecule has 0 heterocycles. The number of benzene rings is 2. The summed E-state index contributed by atoms with van der Waals surface area (Å²) < 4.78 is 0. The van der Waals surface area contributed by atoms with Gasteiger partial charge in [-0.1, -0.05) is 60.7 Å². The van der Waals surface area contributed by atoms with Crippen molar-refractivity contribution in [3.63, 3.8) is 0 Å². The molecule has 2 aromatic carbocycles. The van der Waals surface area contributed by atoms with Gasteiger partial charge in [0.05, 0.1) is 5.92 Å². The molecule has 0 radical (unpaired) electrons. The molecule has 2 heteroatoms. The van der Waals surface area contributed by atoms with Crippen molar-refractivity contribution >= 4 is 5.97 Å². The lowest BCUT2D eigenvalue weighted by atomic mass is 9.92. The smallest absolute Gasteiger partial charge is 0.310 e. The predicted molar refractivity (Wildman–Crippen MR) is 81.7 cm³/mol. The Kier molecular flexibility index (Phi) is 4.72. The van der Waals surface area contributed by atoms with Crippen molar-refractivity contribution in [3.05, 3.63) is 72.8 Å². The van der Waals surface area contributed by atoms with Gasteiger partial charge in [-0.25, -0.2) is 0 Å². The maximum Gasteiger partial charge on any atom is 0.310 e. The van der Waals surface area contributed by atoms with Crippen molar-refractivity contribution in [2.75, 3.05) is 0 Å². The van der Waals surface area contributed by atoms with Crippen molar-refractivity contribution < 1.29 is 9.90 Å². The second-order valence-electron chi connectivity index (χ2n) is 4.74. The number of allylic oxidation sites excluding steroid dienone is 1. The number of carbonyl (C=O) groups is 1. The minimum Gasteiger partial charge on any atom is -0.481 e. The van der Waals surface area contributed by atoms with Gasteiger partial charge in [-0.3, -0.25) is 4.79 Å². The van der Waals surface area contributed by atoms with Gasteiger partial charge < -0.3 is 5.11 Å². The molecule has 20 heavy (non-hydrogen) atoms. The first-order valence-corrected chi connectivity index (χ1v) is 6.71. The maximum absolute atomic E-state index is 11.3. The van der Waals surface area contributed by atoms with Crippen LogP contribution in [0, 0.1) is 0 Å². The zero-order valence-electron chi connectivity index (χ0n) is 11.3. The van der Waals surface area contributed by atoms with Gasteiger partial charge in [0.25, 0.3) is 0 Å². The standard InChI is InChI=1S/C18H18O2/c1-2-3-9-17(18(19)20)16-12-10-15(11-13-16)14-7-5-4-6-8-14/h2,4-8,10-13,17H,1,3,9H2,(H,19,20). The molecule has 0 aliphatic carbocycles. The van der Waals surface area contributed by atoms with E-state index < -0.39 is 11.9 Å². The molecule has 1 atom stereocenters. The quantitative estimate of drug-likeness (QED) is 0.782. The molecule has 0 fully saturated rings. The number of hydrogen-bond acceptors (Lipinski definition) is 1. The Morgan fingerprint density at radius 1 is 1.05 bits per heavy atom. The molecule has 0 saturated carbocycles. The average molecular weight is 266 g/mol. The highest BCUT2D eigenvalue weighted by Gasteiger charge is 2.18. The summed E-state index contributed by atoms with van der Waals surface area (Å²) >= 11 is 0. The molecule has 102 valence electrons. The summed E-state index contributed by atoms with van der Waals surface area (Å²) in [6.07, 6.45) is 3.05. The van der Waals surface area contributed by atoms with E-state index >= 15 is 0 Å². The molecule has 0 saturated heterocycles. The Morgan fingerprint density at radius 3 is 2.20 bits per heavy atom. The molecule has 2 aromatic rings. The molecule has 2 nitrogen and oxygen atoms in total. The third kappa shape index (κ3) is 3.35. The Morgan fingerprint density at radius 2 is 1.65 bits per heavy atom. The molecule has 2 rings (SSSR count). The van der Waals surface area contributed by atoms with Crippen LogP contribution < -0.4 is 0 Å².